The van der Waals surface area contributed by atoms with E-state index in [0.717, 1.165) is 37.4 Å². The minimum Gasteiger partial charge on any atom is -0.454 e. The Kier molecular flexibility index (Phi) is 6.19. The van der Waals surface area contributed by atoms with E-state index in [9.17, 15) is 0 Å². The zero-order valence-electron chi connectivity index (χ0n) is 12.7. The minimum atomic E-state index is 0.314. The molecule has 0 saturated carbocycles. The van der Waals surface area contributed by atoms with Crippen LogP contribution in [0.2, 0.25) is 0 Å². The summed E-state index contributed by atoms with van der Waals surface area (Å²) in [6, 6.07) is 6.01. The average Bonchev–Trinajstić information content (AvgIpc) is 2.94. The Morgan fingerprint density at radius 1 is 1.24 bits per heavy atom. The summed E-state index contributed by atoms with van der Waals surface area (Å²) in [5, 5.41) is 3.15. The van der Waals surface area contributed by atoms with Crippen molar-refractivity contribution in [3.05, 3.63) is 23.8 Å². The van der Waals surface area contributed by atoms with Crippen LogP contribution >= 0.6 is 0 Å². The third-order valence-corrected chi connectivity index (χ3v) is 3.45. The molecule has 0 aliphatic carbocycles. The quantitative estimate of drug-likeness (QED) is 0.438. The van der Waals surface area contributed by atoms with Gasteiger partial charge in [-0.05, 0) is 30.5 Å². The highest BCUT2D eigenvalue weighted by molar-refractivity contribution is 5.77. The van der Waals surface area contributed by atoms with Crippen LogP contribution in [0.25, 0.3) is 0 Å². The SMILES string of the molecule is CCCCCCN=C(N)NCCc1ccc2c(c1)OCO2. The Bertz CT molecular complexity index is 475. The molecule has 1 aliphatic rings. The zero-order chi connectivity index (χ0) is 14.9. The van der Waals surface area contributed by atoms with Crippen LogP contribution in [0.3, 0.4) is 0 Å². The van der Waals surface area contributed by atoms with Crippen molar-refractivity contribution >= 4 is 5.96 Å². The first-order valence-electron chi connectivity index (χ1n) is 7.72. The van der Waals surface area contributed by atoms with E-state index in [1.165, 1.54) is 24.8 Å². The van der Waals surface area contributed by atoms with Gasteiger partial charge >= 0.3 is 0 Å². The van der Waals surface area contributed by atoms with Gasteiger partial charge in [0.1, 0.15) is 0 Å². The molecular weight excluding hydrogens is 266 g/mol. The van der Waals surface area contributed by atoms with E-state index in [0.29, 0.717) is 12.8 Å². The summed E-state index contributed by atoms with van der Waals surface area (Å²) in [6.07, 6.45) is 5.73. The molecule has 0 aromatic heterocycles. The van der Waals surface area contributed by atoms with Crippen molar-refractivity contribution < 1.29 is 9.47 Å². The van der Waals surface area contributed by atoms with Crippen LogP contribution < -0.4 is 20.5 Å². The maximum atomic E-state index is 5.84. The van der Waals surface area contributed by atoms with Gasteiger partial charge in [-0.25, -0.2) is 0 Å². The molecule has 1 aromatic rings. The number of aliphatic imine (C=N–C) groups is 1. The summed E-state index contributed by atoms with van der Waals surface area (Å²) >= 11 is 0. The molecule has 0 fully saturated rings. The summed E-state index contributed by atoms with van der Waals surface area (Å²) < 4.78 is 10.7. The fraction of sp³-hybridized carbons (Fsp3) is 0.562. The second-order valence-corrected chi connectivity index (χ2v) is 5.19. The number of rotatable bonds is 8. The van der Waals surface area contributed by atoms with Crippen molar-refractivity contribution in [2.24, 2.45) is 10.7 Å². The molecule has 3 N–H and O–H groups in total. The van der Waals surface area contributed by atoms with Crippen molar-refractivity contribution in [1.82, 2.24) is 5.32 Å². The van der Waals surface area contributed by atoms with Crippen molar-refractivity contribution in [1.29, 1.82) is 0 Å². The standard InChI is InChI=1S/C16H25N3O2/c1-2-3-4-5-9-18-16(17)19-10-8-13-6-7-14-15(11-13)21-12-20-14/h6-7,11H,2-5,8-10,12H2,1H3,(H3,17,18,19). The summed E-state index contributed by atoms with van der Waals surface area (Å²) in [4.78, 5) is 4.32. The average molecular weight is 291 g/mol. The second kappa shape index (κ2) is 8.39. The van der Waals surface area contributed by atoms with Crippen molar-refractivity contribution in [2.75, 3.05) is 19.9 Å². The smallest absolute Gasteiger partial charge is 0.231 e. The van der Waals surface area contributed by atoms with Gasteiger partial charge in [0.05, 0.1) is 0 Å². The second-order valence-electron chi connectivity index (χ2n) is 5.19. The van der Waals surface area contributed by atoms with E-state index >= 15 is 0 Å². The molecule has 0 unspecified atom stereocenters. The van der Waals surface area contributed by atoms with Crippen molar-refractivity contribution in [2.45, 2.75) is 39.0 Å². The summed E-state index contributed by atoms with van der Waals surface area (Å²) in [5.41, 5.74) is 7.03. The van der Waals surface area contributed by atoms with Crippen LogP contribution in [-0.4, -0.2) is 25.8 Å². The lowest BCUT2D eigenvalue weighted by Gasteiger charge is -2.06. The van der Waals surface area contributed by atoms with E-state index in [1.54, 1.807) is 0 Å². The van der Waals surface area contributed by atoms with E-state index in [-0.39, 0.29) is 0 Å². The van der Waals surface area contributed by atoms with Gasteiger partial charge in [0.25, 0.3) is 0 Å². The van der Waals surface area contributed by atoms with Crippen LogP contribution in [0.5, 0.6) is 11.5 Å². The fourth-order valence-corrected chi connectivity index (χ4v) is 2.23. The normalized spacial score (nSPS) is 13.5. The van der Waals surface area contributed by atoms with Gasteiger partial charge in [-0.15, -0.1) is 0 Å². The molecule has 5 nitrogen and oxygen atoms in total. The first-order chi connectivity index (χ1) is 10.3. The van der Waals surface area contributed by atoms with Gasteiger partial charge in [-0.3, -0.25) is 4.99 Å². The lowest BCUT2D eigenvalue weighted by Crippen LogP contribution is -2.33. The van der Waals surface area contributed by atoms with Gasteiger partial charge in [-0.1, -0.05) is 32.3 Å². The molecule has 0 spiro atoms. The van der Waals surface area contributed by atoms with E-state index < -0.39 is 0 Å². The Labute approximate surface area is 126 Å². The monoisotopic (exact) mass is 291 g/mol. The molecular formula is C16H25N3O2. The summed E-state index contributed by atoms with van der Waals surface area (Å²) in [6.45, 7) is 4.09. The number of hydrogen-bond acceptors (Lipinski definition) is 3. The highest BCUT2D eigenvalue weighted by atomic mass is 16.7. The largest absolute Gasteiger partial charge is 0.454 e. The van der Waals surface area contributed by atoms with Crippen LogP contribution in [0, 0.1) is 0 Å². The highest BCUT2D eigenvalue weighted by Crippen LogP contribution is 2.32. The van der Waals surface area contributed by atoms with E-state index in [1.807, 2.05) is 18.2 Å². The summed E-state index contributed by atoms with van der Waals surface area (Å²) in [7, 11) is 0. The van der Waals surface area contributed by atoms with E-state index in [4.69, 9.17) is 15.2 Å². The fourth-order valence-electron chi connectivity index (χ4n) is 2.23. The molecule has 0 amide bonds. The Balaban J connectivity index is 1.65. The zero-order valence-corrected chi connectivity index (χ0v) is 12.7. The van der Waals surface area contributed by atoms with Crippen molar-refractivity contribution in [3.8, 4) is 11.5 Å². The van der Waals surface area contributed by atoms with Gasteiger partial charge in [0.2, 0.25) is 6.79 Å². The molecule has 5 heteroatoms. The summed E-state index contributed by atoms with van der Waals surface area (Å²) in [5.74, 6) is 2.18. The molecule has 1 aliphatic heterocycles. The maximum Gasteiger partial charge on any atom is 0.231 e. The third kappa shape index (κ3) is 5.17. The molecule has 0 radical (unpaired) electrons. The van der Waals surface area contributed by atoms with Crippen LogP contribution in [0.15, 0.2) is 23.2 Å². The molecule has 1 aromatic carbocycles. The topological polar surface area (TPSA) is 68.9 Å². The number of guanidine groups is 1. The van der Waals surface area contributed by atoms with E-state index in [2.05, 4.69) is 17.2 Å². The molecule has 21 heavy (non-hydrogen) atoms. The number of benzene rings is 1. The lowest BCUT2D eigenvalue weighted by molar-refractivity contribution is 0.174. The van der Waals surface area contributed by atoms with Crippen LogP contribution in [0.1, 0.15) is 38.2 Å². The predicted molar refractivity (Wildman–Crippen MR) is 84.9 cm³/mol. The Hall–Kier alpha value is -1.91. The maximum absolute atomic E-state index is 5.84. The molecule has 0 atom stereocenters. The molecule has 2 rings (SSSR count). The lowest BCUT2D eigenvalue weighted by atomic mass is 10.1. The number of ether oxygens (including phenoxy) is 2. The predicted octanol–water partition coefficient (Wildman–Crippen LogP) is 2.44. The van der Waals surface area contributed by atoms with Crippen LogP contribution in [0.4, 0.5) is 0 Å². The third-order valence-electron chi connectivity index (χ3n) is 3.45. The highest BCUT2D eigenvalue weighted by Gasteiger charge is 2.12. The van der Waals surface area contributed by atoms with Gasteiger partial charge in [0.15, 0.2) is 17.5 Å². The van der Waals surface area contributed by atoms with Gasteiger partial charge in [-0.2, -0.15) is 0 Å². The van der Waals surface area contributed by atoms with Crippen molar-refractivity contribution in [3.63, 3.8) is 0 Å². The number of nitrogens with two attached hydrogens (primary N) is 1. The first-order valence-corrected chi connectivity index (χ1v) is 7.72. The van der Waals surface area contributed by atoms with Gasteiger partial charge < -0.3 is 20.5 Å². The number of unbranched alkanes of at least 4 members (excludes halogenated alkanes) is 3. The Morgan fingerprint density at radius 3 is 2.95 bits per heavy atom. The molecule has 0 bridgehead atoms. The molecule has 0 saturated heterocycles. The minimum absolute atomic E-state index is 0.314. The van der Waals surface area contributed by atoms with Gasteiger partial charge in [0, 0.05) is 13.1 Å². The van der Waals surface area contributed by atoms with Crippen LogP contribution in [-0.2, 0) is 6.42 Å². The number of fused-ring (bicyclic) bond motifs is 1. The molecule has 1 heterocycles. The number of hydrogen-bond donors (Lipinski definition) is 2. The Morgan fingerprint density at radius 2 is 2.10 bits per heavy atom. The first kappa shape index (κ1) is 15.5. The molecule has 116 valence electrons. The number of nitrogens with one attached hydrogen (secondary N) is 1. The number of nitrogens with zero attached hydrogens (tertiary/aromatic N) is 1.